The quantitative estimate of drug-likeness (QED) is 0.234. The van der Waals surface area contributed by atoms with Crippen LogP contribution in [0.5, 0.6) is 0 Å². The standard InChI is InChI=1S/C21H29N2O3.HI/c1-17-22(2)14-15-23(17)13-8-16-25-21(24)20(18-9-4-3-5-10-18)26-19-11-6-7-12-19;/h3-5,9-10,14-15,19-20H,6-8,11-13,16H2,1-2H3;1H/q+1;/p-1. The van der Waals surface area contributed by atoms with Gasteiger partial charge in [-0.25, -0.2) is 13.9 Å². The van der Waals surface area contributed by atoms with E-state index in [9.17, 15) is 4.79 Å². The van der Waals surface area contributed by atoms with Crippen molar-refractivity contribution in [1.82, 2.24) is 4.57 Å². The van der Waals surface area contributed by atoms with Gasteiger partial charge in [0.25, 0.3) is 5.82 Å². The Kier molecular flexibility index (Phi) is 8.76. The number of carbonyl (C=O) groups excluding carboxylic acids is 1. The number of esters is 1. The molecule has 27 heavy (non-hydrogen) atoms. The molecule has 2 aromatic rings. The molecule has 1 aromatic carbocycles. The van der Waals surface area contributed by atoms with Gasteiger partial charge in [-0.2, -0.15) is 0 Å². The number of hydrogen-bond acceptors (Lipinski definition) is 3. The molecule has 0 aliphatic heterocycles. The van der Waals surface area contributed by atoms with Crippen LogP contribution in [0.4, 0.5) is 0 Å². The van der Waals surface area contributed by atoms with E-state index in [-0.39, 0.29) is 36.0 Å². The smallest absolute Gasteiger partial charge is 0.339 e. The molecule has 0 saturated heterocycles. The molecule has 1 unspecified atom stereocenters. The molecule has 1 aliphatic carbocycles. The molecule has 0 radical (unpaired) electrons. The Morgan fingerprint density at radius 1 is 1.26 bits per heavy atom. The van der Waals surface area contributed by atoms with Gasteiger partial charge in [0.05, 0.1) is 26.3 Å². The van der Waals surface area contributed by atoms with E-state index in [0.29, 0.717) is 6.61 Å². The second-order valence-corrected chi connectivity index (χ2v) is 7.00. The zero-order chi connectivity index (χ0) is 18.4. The summed E-state index contributed by atoms with van der Waals surface area (Å²) in [6.07, 6.45) is 8.81. The average Bonchev–Trinajstić information content (AvgIpc) is 3.28. The van der Waals surface area contributed by atoms with Gasteiger partial charge in [-0.15, -0.1) is 0 Å². The van der Waals surface area contributed by atoms with Crippen molar-refractivity contribution in [2.45, 2.75) is 57.8 Å². The zero-order valence-electron chi connectivity index (χ0n) is 16.1. The highest BCUT2D eigenvalue weighted by molar-refractivity contribution is 5.76. The first kappa shape index (κ1) is 21.9. The van der Waals surface area contributed by atoms with Crippen LogP contribution in [0.2, 0.25) is 0 Å². The van der Waals surface area contributed by atoms with Crippen molar-refractivity contribution in [3.63, 3.8) is 0 Å². The Morgan fingerprint density at radius 2 is 1.96 bits per heavy atom. The first-order valence-electron chi connectivity index (χ1n) is 9.53. The Bertz CT molecular complexity index is 711. The van der Waals surface area contributed by atoms with Crippen molar-refractivity contribution in [3.05, 3.63) is 54.1 Å². The van der Waals surface area contributed by atoms with E-state index in [1.165, 1.54) is 18.7 Å². The van der Waals surface area contributed by atoms with Crippen LogP contribution < -0.4 is 28.5 Å². The maximum Gasteiger partial charge on any atom is 0.339 e. The molecule has 1 heterocycles. The van der Waals surface area contributed by atoms with E-state index in [1.807, 2.05) is 49.8 Å². The van der Waals surface area contributed by atoms with Gasteiger partial charge in [-0.05, 0) is 18.4 Å². The highest BCUT2D eigenvalue weighted by Gasteiger charge is 2.28. The summed E-state index contributed by atoms with van der Waals surface area (Å²) in [6.45, 7) is 3.31. The number of imidazole rings is 1. The van der Waals surface area contributed by atoms with Gasteiger partial charge in [0.2, 0.25) is 0 Å². The number of aryl methyl sites for hydroxylation is 2. The molecule has 148 valence electrons. The summed E-state index contributed by atoms with van der Waals surface area (Å²) in [5.74, 6) is 0.904. The fraction of sp³-hybridized carbons (Fsp3) is 0.524. The van der Waals surface area contributed by atoms with Gasteiger partial charge < -0.3 is 33.5 Å². The first-order valence-corrected chi connectivity index (χ1v) is 9.53. The second kappa shape index (κ2) is 10.8. The van der Waals surface area contributed by atoms with Gasteiger partial charge in [-0.1, -0.05) is 43.2 Å². The molecular formula is C21H29IN2O3. The van der Waals surface area contributed by atoms with Crippen LogP contribution in [0.25, 0.3) is 0 Å². The molecule has 0 spiro atoms. The third kappa shape index (κ3) is 6.04. The summed E-state index contributed by atoms with van der Waals surface area (Å²) in [5, 5.41) is 0. The third-order valence-corrected chi connectivity index (χ3v) is 5.13. The van der Waals surface area contributed by atoms with Crippen LogP contribution in [0.1, 0.15) is 49.6 Å². The van der Waals surface area contributed by atoms with E-state index >= 15 is 0 Å². The van der Waals surface area contributed by atoms with Gasteiger partial charge >= 0.3 is 5.97 Å². The van der Waals surface area contributed by atoms with Gasteiger partial charge in [0, 0.05) is 13.3 Å². The number of ether oxygens (including phenoxy) is 2. The zero-order valence-corrected chi connectivity index (χ0v) is 18.3. The summed E-state index contributed by atoms with van der Waals surface area (Å²) < 4.78 is 15.9. The fourth-order valence-corrected chi connectivity index (χ4v) is 3.43. The van der Waals surface area contributed by atoms with Crippen molar-refractivity contribution in [3.8, 4) is 0 Å². The van der Waals surface area contributed by atoms with Crippen LogP contribution in [0.15, 0.2) is 42.7 Å². The lowest BCUT2D eigenvalue weighted by Gasteiger charge is -2.21. The predicted molar refractivity (Wildman–Crippen MR) is 98.4 cm³/mol. The lowest BCUT2D eigenvalue weighted by molar-refractivity contribution is -0.677. The molecule has 5 nitrogen and oxygen atoms in total. The largest absolute Gasteiger partial charge is 1.00 e. The topological polar surface area (TPSA) is 44.3 Å². The molecule has 3 rings (SSSR count). The van der Waals surface area contributed by atoms with Gasteiger partial charge in [0.15, 0.2) is 6.10 Å². The average molecular weight is 484 g/mol. The number of nitrogens with zero attached hydrogens (tertiary/aromatic N) is 2. The van der Waals surface area contributed by atoms with Crippen molar-refractivity contribution in [2.24, 2.45) is 7.05 Å². The normalized spacial score (nSPS) is 15.3. The minimum absolute atomic E-state index is 0. The third-order valence-electron chi connectivity index (χ3n) is 5.13. The molecule has 0 N–H and O–H groups in total. The Labute approximate surface area is 178 Å². The number of hydrogen-bond donors (Lipinski definition) is 0. The summed E-state index contributed by atoms with van der Waals surface area (Å²) in [7, 11) is 2.02. The Balaban J connectivity index is 0.00000261. The van der Waals surface area contributed by atoms with Crippen LogP contribution in [0, 0.1) is 6.92 Å². The number of aromatic nitrogens is 2. The van der Waals surface area contributed by atoms with Crippen molar-refractivity contribution in [1.29, 1.82) is 0 Å². The van der Waals surface area contributed by atoms with E-state index in [1.54, 1.807) is 0 Å². The number of rotatable bonds is 8. The maximum absolute atomic E-state index is 12.7. The minimum atomic E-state index is -0.620. The molecular weight excluding hydrogens is 455 g/mol. The molecule has 1 fully saturated rings. The highest BCUT2D eigenvalue weighted by atomic mass is 127. The summed E-state index contributed by atoms with van der Waals surface area (Å²) >= 11 is 0. The lowest BCUT2D eigenvalue weighted by Crippen LogP contribution is -3.00. The highest BCUT2D eigenvalue weighted by Crippen LogP contribution is 2.28. The van der Waals surface area contributed by atoms with Crippen LogP contribution in [-0.2, 0) is 27.9 Å². The number of carbonyl (C=O) groups is 1. The van der Waals surface area contributed by atoms with Gasteiger partial charge in [-0.3, -0.25) is 0 Å². The molecule has 1 aromatic heterocycles. The Morgan fingerprint density at radius 3 is 2.59 bits per heavy atom. The molecule has 6 heteroatoms. The summed E-state index contributed by atoms with van der Waals surface area (Å²) in [6, 6.07) is 9.68. The van der Waals surface area contributed by atoms with Crippen LogP contribution in [0.3, 0.4) is 0 Å². The lowest BCUT2D eigenvalue weighted by atomic mass is 10.1. The molecule has 0 bridgehead atoms. The predicted octanol–water partition coefficient (Wildman–Crippen LogP) is 0.259. The van der Waals surface area contributed by atoms with E-state index < -0.39 is 6.10 Å². The number of halogens is 1. The Hall–Kier alpha value is -1.41. The van der Waals surface area contributed by atoms with Crippen LogP contribution in [-0.4, -0.2) is 23.2 Å². The van der Waals surface area contributed by atoms with E-state index in [4.69, 9.17) is 9.47 Å². The van der Waals surface area contributed by atoms with Crippen molar-refractivity contribution in [2.75, 3.05) is 6.61 Å². The monoisotopic (exact) mass is 484 g/mol. The summed E-state index contributed by atoms with van der Waals surface area (Å²) in [5.41, 5.74) is 0.873. The van der Waals surface area contributed by atoms with Crippen molar-refractivity contribution >= 4 is 5.97 Å². The van der Waals surface area contributed by atoms with Gasteiger partial charge in [0.1, 0.15) is 12.4 Å². The number of benzene rings is 1. The molecule has 1 aliphatic rings. The molecule has 1 atom stereocenters. The second-order valence-electron chi connectivity index (χ2n) is 7.00. The van der Waals surface area contributed by atoms with Crippen molar-refractivity contribution < 1.29 is 42.8 Å². The fourth-order valence-electron chi connectivity index (χ4n) is 3.43. The van der Waals surface area contributed by atoms with E-state index in [0.717, 1.165) is 31.4 Å². The summed E-state index contributed by atoms with van der Waals surface area (Å²) in [4.78, 5) is 12.7. The van der Waals surface area contributed by atoms with E-state index in [2.05, 4.69) is 16.1 Å². The molecule has 0 amide bonds. The van der Waals surface area contributed by atoms with Crippen LogP contribution >= 0.6 is 0 Å². The SMILES string of the molecule is Cc1n(CCCOC(=O)C(OC2CCCC2)c2ccccc2)cc[n+]1C.[I-]. The first-order chi connectivity index (χ1) is 12.6. The maximum atomic E-state index is 12.7. The minimum Gasteiger partial charge on any atom is -1.00 e. The molecule has 1 saturated carbocycles.